The van der Waals surface area contributed by atoms with Gasteiger partial charge < -0.3 is 20.7 Å². The molecule has 0 spiro atoms. The van der Waals surface area contributed by atoms with Gasteiger partial charge in [-0.25, -0.2) is 0 Å². The minimum Gasteiger partial charge on any atom is -0.492 e. The van der Waals surface area contributed by atoms with Crippen LogP contribution < -0.4 is 10.5 Å². The van der Waals surface area contributed by atoms with Crippen LogP contribution >= 0.6 is 0 Å². The number of nitrogens with two attached hydrogens (primary N) is 1. The van der Waals surface area contributed by atoms with Crippen molar-refractivity contribution in [2.24, 2.45) is 0 Å². The maximum absolute atomic E-state index is 8.83. The van der Waals surface area contributed by atoms with Crippen LogP contribution in [0.1, 0.15) is 0 Å². The Morgan fingerprint density at radius 1 is 1.00 bits per heavy atom. The molecule has 0 saturated heterocycles. The highest BCUT2D eigenvalue weighted by molar-refractivity contribution is 5.41. The maximum atomic E-state index is 8.83. The summed E-state index contributed by atoms with van der Waals surface area (Å²) in [6.07, 6.45) is 0. The van der Waals surface area contributed by atoms with E-state index in [4.69, 9.17) is 20.7 Å². The van der Waals surface area contributed by atoms with Gasteiger partial charge in [0.15, 0.2) is 0 Å². The van der Waals surface area contributed by atoms with Gasteiger partial charge in [-0.2, -0.15) is 0 Å². The monoisotopic (exact) mass is 240 g/mol. The Balaban J connectivity index is 2.27. The van der Waals surface area contributed by atoms with E-state index in [1.807, 2.05) is 17.0 Å². The smallest absolute Gasteiger partial charge is 0.119 e. The number of ether oxygens (including phenoxy) is 1. The van der Waals surface area contributed by atoms with Crippen molar-refractivity contribution in [1.29, 1.82) is 0 Å². The van der Waals surface area contributed by atoms with E-state index >= 15 is 0 Å². The van der Waals surface area contributed by atoms with E-state index in [-0.39, 0.29) is 13.2 Å². The first-order valence-corrected chi connectivity index (χ1v) is 5.68. The van der Waals surface area contributed by atoms with E-state index in [1.165, 1.54) is 0 Å². The summed E-state index contributed by atoms with van der Waals surface area (Å²) >= 11 is 0. The Kier molecular flexibility index (Phi) is 6.39. The van der Waals surface area contributed by atoms with Gasteiger partial charge in [0.05, 0.1) is 13.2 Å². The van der Waals surface area contributed by atoms with Gasteiger partial charge in [-0.15, -0.1) is 0 Å². The molecule has 0 aliphatic rings. The molecule has 0 heterocycles. The predicted molar refractivity (Wildman–Crippen MR) is 67.0 cm³/mol. The third kappa shape index (κ3) is 5.53. The first-order valence-electron chi connectivity index (χ1n) is 5.68. The summed E-state index contributed by atoms with van der Waals surface area (Å²) in [5.41, 5.74) is 6.27. The molecule has 1 aromatic carbocycles. The topological polar surface area (TPSA) is 79.0 Å². The third-order valence-electron chi connectivity index (χ3n) is 2.39. The number of nitrogens with zero attached hydrogens (tertiary/aromatic N) is 1. The molecule has 17 heavy (non-hydrogen) atoms. The zero-order valence-electron chi connectivity index (χ0n) is 9.88. The molecular weight excluding hydrogens is 220 g/mol. The van der Waals surface area contributed by atoms with Crippen LogP contribution in [-0.4, -0.2) is 54.6 Å². The van der Waals surface area contributed by atoms with E-state index in [1.54, 1.807) is 12.1 Å². The SMILES string of the molecule is Nc1ccc(OCCN(CCO)CCO)cc1. The van der Waals surface area contributed by atoms with Crippen LogP contribution in [0.3, 0.4) is 0 Å². The highest BCUT2D eigenvalue weighted by Crippen LogP contribution is 2.12. The fraction of sp³-hybridized carbons (Fsp3) is 0.500. The molecule has 0 saturated carbocycles. The van der Waals surface area contributed by atoms with E-state index in [0.29, 0.717) is 31.9 Å². The molecule has 96 valence electrons. The minimum atomic E-state index is 0.0852. The van der Waals surface area contributed by atoms with Crippen molar-refractivity contribution in [3.05, 3.63) is 24.3 Å². The number of benzene rings is 1. The molecule has 1 rings (SSSR count). The first kappa shape index (κ1) is 13.8. The zero-order valence-corrected chi connectivity index (χ0v) is 9.88. The summed E-state index contributed by atoms with van der Waals surface area (Å²) in [6.45, 7) is 2.45. The number of nitrogen functional groups attached to an aromatic ring is 1. The molecule has 0 atom stereocenters. The summed E-state index contributed by atoms with van der Waals surface area (Å²) in [6, 6.07) is 7.21. The second-order valence-electron chi connectivity index (χ2n) is 3.71. The van der Waals surface area contributed by atoms with Crippen LogP contribution in [-0.2, 0) is 0 Å². The lowest BCUT2D eigenvalue weighted by Gasteiger charge is -2.20. The van der Waals surface area contributed by atoms with Gasteiger partial charge >= 0.3 is 0 Å². The molecule has 0 aromatic heterocycles. The Hall–Kier alpha value is -1.30. The Morgan fingerprint density at radius 2 is 1.59 bits per heavy atom. The van der Waals surface area contributed by atoms with E-state index < -0.39 is 0 Å². The molecule has 4 N–H and O–H groups in total. The van der Waals surface area contributed by atoms with E-state index in [0.717, 1.165) is 5.75 Å². The fourth-order valence-electron chi connectivity index (χ4n) is 1.47. The average molecular weight is 240 g/mol. The number of rotatable bonds is 8. The van der Waals surface area contributed by atoms with Crippen molar-refractivity contribution in [1.82, 2.24) is 4.90 Å². The fourth-order valence-corrected chi connectivity index (χ4v) is 1.47. The van der Waals surface area contributed by atoms with Crippen molar-refractivity contribution in [3.8, 4) is 5.75 Å². The van der Waals surface area contributed by atoms with Crippen LogP contribution in [0.25, 0.3) is 0 Å². The number of hydrogen-bond donors (Lipinski definition) is 3. The number of aliphatic hydroxyl groups excluding tert-OH is 2. The lowest BCUT2D eigenvalue weighted by Crippen LogP contribution is -2.33. The van der Waals surface area contributed by atoms with Gasteiger partial charge in [0, 0.05) is 25.3 Å². The summed E-state index contributed by atoms with van der Waals surface area (Å²) in [5.74, 6) is 0.771. The van der Waals surface area contributed by atoms with Gasteiger partial charge in [-0.1, -0.05) is 0 Å². The van der Waals surface area contributed by atoms with Crippen LogP contribution in [0.4, 0.5) is 5.69 Å². The number of anilines is 1. The number of hydrogen-bond acceptors (Lipinski definition) is 5. The first-order chi connectivity index (χ1) is 8.26. The quantitative estimate of drug-likeness (QED) is 0.555. The normalized spacial score (nSPS) is 10.8. The third-order valence-corrected chi connectivity index (χ3v) is 2.39. The molecule has 0 amide bonds. The Labute approximate surface area is 101 Å². The molecule has 0 aliphatic heterocycles. The molecule has 0 unspecified atom stereocenters. The Morgan fingerprint density at radius 3 is 2.12 bits per heavy atom. The second kappa shape index (κ2) is 7.89. The lowest BCUT2D eigenvalue weighted by molar-refractivity contribution is 0.141. The van der Waals surface area contributed by atoms with Crippen molar-refractivity contribution in [2.45, 2.75) is 0 Å². The van der Waals surface area contributed by atoms with Gasteiger partial charge in [0.1, 0.15) is 12.4 Å². The van der Waals surface area contributed by atoms with Crippen LogP contribution in [0, 0.1) is 0 Å². The minimum absolute atomic E-state index is 0.0852. The largest absolute Gasteiger partial charge is 0.492 e. The maximum Gasteiger partial charge on any atom is 0.119 e. The predicted octanol–water partition coefficient (Wildman–Crippen LogP) is -0.0658. The molecule has 5 heteroatoms. The van der Waals surface area contributed by atoms with Gasteiger partial charge in [0.25, 0.3) is 0 Å². The van der Waals surface area contributed by atoms with Gasteiger partial charge in [0.2, 0.25) is 0 Å². The molecule has 1 aromatic rings. The van der Waals surface area contributed by atoms with Crippen LogP contribution in [0.2, 0.25) is 0 Å². The molecule has 0 radical (unpaired) electrons. The lowest BCUT2D eigenvalue weighted by atomic mass is 10.3. The average Bonchev–Trinajstić information content (AvgIpc) is 2.32. The molecular formula is C12H20N2O3. The zero-order chi connectivity index (χ0) is 12.5. The Bertz CT molecular complexity index is 297. The van der Waals surface area contributed by atoms with Crippen molar-refractivity contribution in [3.63, 3.8) is 0 Å². The summed E-state index contributed by atoms with van der Waals surface area (Å²) in [4.78, 5) is 1.94. The molecule has 0 bridgehead atoms. The highest BCUT2D eigenvalue weighted by Gasteiger charge is 2.03. The standard InChI is InChI=1S/C12H20N2O3/c13-11-1-3-12(4-2-11)17-10-7-14(5-8-15)6-9-16/h1-4,15-16H,5-10,13H2. The van der Waals surface area contributed by atoms with E-state index in [9.17, 15) is 0 Å². The van der Waals surface area contributed by atoms with Gasteiger partial charge in [-0.05, 0) is 24.3 Å². The summed E-state index contributed by atoms with van der Waals surface area (Å²) in [7, 11) is 0. The van der Waals surface area contributed by atoms with E-state index in [2.05, 4.69) is 0 Å². The molecule has 0 aliphatic carbocycles. The molecule has 5 nitrogen and oxygen atoms in total. The van der Waals surface area contributed by atoms with Crippen LogP contribution in [0.15, 0.2) is 24.3 Å². The van der Waals surface area contributed by atoms with Crippen molar-refractivity contribution < 1.29 is 14.9 Å². The van der Waals surface area contributed by atoms with Gasteiger partial charge in [-0.3, -0.25) is 4.90 Å². The molecule has 0 fully saturated rings. The summed E-state index contributed by atoms with van der Waals surface area (Å²) in [5, 5.41) is 17.7. The second-order valence-corrected chi connectivity index (χ2v) is 3.71. The summed E-state index contributed by atoms with van der Waals surface area (Å²) < 4.78 is 5.52. The van der Waals surface area contributed by atoms with Crippen molar-refractivity contribution in [2.75, 3.05) is 45.2 Å². The van der Waals surface area contributed by atoms with Crippen molar-refractivity contribution >= 4 is 5.69 Å². The highest BCUT2D eigenvalue weighted by atomic mass is 16.5. The number of aliphatic hydroxyl groups is 2. The van der Waals surface area contributed by atoms with Crippen LogP contribution in [0.5, 0.6) is 5.75 Å².